The van der Waals surface area contributed by atoms with Crippen molar-refractivity contribution in [3.05, 3.63) is 39.9 Å². The van der Waals surface area contributed by atoms with Gasteiger partial charge in [0.25, 0.3) is 5.91 Å². The fourth-order valence-corrected chi connectivity index (χ4v) is 2.57. The molecule has 5 heteroatoms. The van der Waals surface area contributed by atoms with Gasteiger partial charge in [0.2, 0.25) is 0 Å². The number of hydroxylamine groups is 1. The van der Waals surface area contributed by atoms with E-state index in [2.05, 4.69) is 5.48 Å². The molecule has 0 aliphatic heterocycles. The van der Waals surface area contributed by atoms with Crippen LogP contribution in [0, 0.1) is 0 Å². The van der Waals surface area contributed by atoms with E-state index in [0.717, 1.165) is 31.2 Å². The Labute approximate surface area is 122 Å². The Kier molecular flexibility index (Phi) is 5.25. The summed E-state index contributed by atoms with van der Waals surface area (Å²) in [7, 11) is 0. The Hall–Kier alpha value is -1.03. The minimum absolute atomic E-state index is 0.151. The van der Waals surface area contributed by atoms with Gasteiger partial charge in [-0.15, -0.1) is 0 Å². The molecule has 0 bridgehead atoms. The van der Waals surface area contributed by atoms with Crippen LogP contribution in [0.15, 0.2) is 24.3 Å². The minimum Gasteiger partial charge on any atom is -0.270 e. The Morgan fingerprint density at radius 3 is 2.47 bits per heavy atom. The van der Waals surface area contributed by atoms with Crippen LogP contribution in [-0.2, 0) is 9.63 Å². The van der Waals surface area contributed by atoms with Crippen LogP contribution in [0.3, 0.4) is 0 Å². The summed E-state index contributed by atoms with van der Waals surface area (Å²) in [6.07, 6.45) is 7.54. The lowest BCUT2D eigenvalue weighted by molar-refractivity contribution is -0.132. The second kappa shape index (κ2) is 6.94. The number of nitrogens with one attached hydrogen (secondary N) is 1. The zero-order valence-electron chi connectivity index (χ0n) is 10.4. The maximum atomic E-state index is 11.6. The smallest absolute Gasteiger partial charge is 0.267 e. The van der Waals surface area contributed by atoms with E-state index in [-0.39, 0.29) is 12.0 Å². The summed E-state index contributed by atoms with van der Waals surface area (Å²) < 4.78 is 0. The van der Waals surface area contributed by atoms with Gasteiger partial charge >= 0.3 is 0 Å². The van der Waals surface area contributed by atoms with Crippen molar-refractivity contribution in [2.75, 3.05) is 0 Å². The first-order valence-electron chi connectivity index (χ1n) is 6.23. The lowest BCUT2D eigenvalue weighted by atomic mass is 10.2. The number of rotatable bonds is 4. The SMILES string of the molecule is O=C(/C=C/c1cc(Cl)cc(Cl)c1)NOC1CCCC1. The van der Waals surface area contributed by atoms with Crippen LogP contribution in [0.1, 0.15) is 31.2 Å². The fraction of sp³-hybridized carbons (Fsp3) is 0.357. The fourth-order valence-electron chi connectivity index (χ4n) is 2.02. The van der Waals surface area contributed by atoms with Gasteiger partial charge < -0.3 is 0 Å². The molecule has 0 aromatic heterocycles. The van der Waals surface area contributed by atoms with E-state index in [0.29, 0.717) is 10.0 Å². The lowest BCUT2D eigenvalue weighted by Gasteiger charge is -2.09. The molecule has 1 N–H and O–H groups in total. The van der Waals surface area contributed by atoms with Crippen LogP contribution >= 0.6 is 23.2 Å². The van der Waals surface area contributed by atoms with Gasteiger partial charge in [-0.2, -0.15) is 0 Å². The highest BCUT2D eigenvalue weighted by Crippen LogP contribution is 2.20. The summed E-state index contributed by atoms with van der Waals surface area (Å²) in [5.41, 5.74) is 3.20. The molecule has 3 nitrogen and oxygen atoms in total. The van der Waals surface area contributed by atoms with Gasteiger partial charge in [-0.1, -0.05) is 36.0 Å². The van der Waals surface area contributed by atoms with Crippen molar-refractivity contribution in [3.63, 3.8) is 0 Å². The Morgan fingerprint density at radius 2 is 1.84 bits per heavy atom. The molecular weight excluding hydrogens is 285 g/mol. The Morgan fingerprint density at radius 1 is 1.21 bits per heavy atom. The second-order valence-electron chi connectivity index (χ2n) is 4.53. The third-order valence-corrected chi connectivity index (χ3v) is 3.38. The van der Waals surface area contributed by atoms with E-state index in [1.165, 1.54) is 6.08 Å². The topological polar surface area (TPSA) is 38.3 Å². The zero-order valence-corrected chi connectivity index (χ0v) is 11.9. The summed E-state index contributed by atoms with van der Waals surface area (Å²) in [6.45, 7) is 0. The number of amides is 1. The first kappa shape index (κ1) is 14.4. The van der Waals surface area contributed by atoms with E-state index in [4.69, 9.17) is 28.0 Å². The number of benzene rings is 1. The van der Waals surface area contributed by atoms with Crippen molar-refractivity contribution in [1.82, 2.24) is 5.48 Å². The highest BCUT2D eigenvalue weighted by molar-refractivity contribution is 6.34. The molecule has 1 fully saturated rings. The average Bonchev–Trinajstić information content (AvgIpc) is 2.86. The van der Waals surface area contributed by atoms with E-state index >= 15 is 0 Å². The maximum Gasteiger partial charge on any atom is 0.267 e. The predicted molar refractivity (Wildman–Crippen MR) is 77.0 cm³/mol. The van der Waals surface area contributed by atoms with Crippen molar-refractivity contribution in [3.8, 4) is 0 Å². The van der Waals surface area contributed by atoms with Crippen molar-refractivity contribution < 1.29 is 9.63 Å². The molecule has 1 aromatic rings. The summed E-state index contributed by atoms with van der Waals surface area (Å²) in [5.74, 6) is -0.289. The number of hydrogen-bond donors (Lipinski definition) is 1. The van der Waals surface area contributed by atoms with Crippen molar-refractivity contribution in [1.29, 1.82) is 0 Å². The van der Waals surface area contributed by atoms with Gasteiger partial charge in [-0.05, 0) is 42.7 Å². The van der Waals surface area contributed by atoms with Crippen LogP contribution in [0.2, 0.25) is 10.0 Å². The molecule has 1 aromatic carbocycles. The standard InChI is InChI=1S/C14H15Cl2NO2/c15-11-7-10(8-12(16)9-11)5-6-14(18)17-19-13-3-1-2-4-13/h5-9,13H,1-4H2,(H,17,18)/b6-5+. The largest absolute Gasteiger partial charge is 0.270 e. The summed E-state index contributed by atoms with van der Waals surface area (Å²) in [4.78, 5) is 16.9. The molecule has 19 heavy (non-hydrogen) atoms. The van der Waals surface area contributed by atoms with E-state index in [1.54, 1.807) is 24.3 Å². The van der Waals surface area contributed by atoms with E-state index < -0.39 is 0 Å². The number of carbonyl (C=O) groups excluding carboxylic acids is 1. The maximum absolute atomic E-state index is 11.6. The van der Waals surface area contributed by atoms with Gasteiger partial charge in [0.15, 0.2) is 0 Å². The van der Waals surface area contributed by atoms with Gasteiger partial charge in [0.05, 0.1) is 6.10 Å². The van der Waals surface area contributed by atoms with Crippen molar-refractivity contribution in [2.24, 2.45) is 0 Å². The first-order valence-corrected chi connectivity index (χ1v) is 6.99. The molecular formula is C14H15Cl2NO2. The molecule has 1 aliphatic rings. The third-order valence-electron chi connectivity index (χ3n) is 2.94. The molecule has 102 valence electrons. The number of hydrogen-bond acceptors (Lipinski definition) is 2. The molecule has 0 saturated heterocycles. The van der Waals surface area contributed by atoms with Gasteiger partial charge in [0.1, 0.15) is 0 Å². The van der Waals surface area contributed by atoms with Crippen LogP contribution in [0.5, 0.6) is 0 Å². The normalized spacial score (nSPS) is 16.1. The molecule has 1 saturated carbocycles. The monoisotopic (exact) mass is 299 g/mol. The van der Waals surface area contributed by atoms with Crippen molar-refractivity contribution >= 4 is 35.2 Å². The number of halogens is 2. The summed E-state index contributed by atoms with van der Waals surface area (Å²) in [5, 5.41) is 1.07. The quantitative estimate of drug-likeness (QED) is 0.674. The first-order chi connectivity index (χ1) is 9.13. The molecule has 0 radical (unpaired) electrons. The van der Waals surface area contributed by atoms with Crippen LogP contribution in [-0.4, -0.2) is 12.0 Å². The molecule has 1 aliphatic carbocycles. The summed E-state index contributed by atoms with van der Waals surface area (Å²) >= 11 is 11.7. The second-order valence-corrected chi connectivity index (χ2v) is 5.40. The number of carbonyl (C=O) groups is 1. The van der Waals surface area contributed by atoms with Crippen molar-refractivity contribution in [2.45, 2.75) is 31.8 Å². The van der Waals surface area contributed by atoms with Gasteiger partial charge in [-0.3, -0.25) is 9.63 Å². The minimum atomic E-state index is -0.289. The van der Waals surface area contributed by atoms with Gasteiger partial charge in [0, 0.05) is 16.1 Å². The molecule has 0 heterocycles. The van der Waals surface area contributed by atoms with Crippen LogP contribution in [0.25, 0.3) is 6.08 Å². The van der Waals surface area contributed by atoms with E-state index in [9.17, 15) is 4.79 Å². The van der Waals surface area contributed by atoms with Crippen LogP contribution < -0.4 is 5.48 Å². The Balaban J connectivity index is 1.84. The van der Waals surface area contributed by atoms with Gasteiger partial charge in [-0.25, -0.2) is 5.48 Å². The van der Waals surface area contributed by atoms with Crippen LogP contribution in [0.4, 0.5) is 0 Å². The highest BCUT2D eigenvalue weighted by atomic mass is 35.5. The molecule has 0 spiro atoms. The van der Waals surface area contributed by atoms with E-state index in [1.807, 2.05) is 0 Å². The molecule has 1 amide bonds. The molecule has 0 atom stereocenters. The molecule has 2 rings (SSSR count). The zero-order chi connectivity index (χ0) is 13.7. The molecule has 0 unspecified atom stereocenters. The highest BCUT2D eigenvalue weighted by Gasteiger charge is 2.16. The predicted octanol–water partition coefficient (Wildman–Crippen LogP) is 4.00. The summed E-state index contributed by atoms with van der Waals surface area (Å²) in [6, 6.07) is 5.10. The lowest BCUT2D eigenvalue weighted by Crippen LogP contribution is -2.26. The third kappa shape index (κ3) is 4.86. The Bertz CT molecular complexity index is 462. The average molecular weight is 300 g/mol.